The highest BCUT2D eigenvalue weighted by Gasteiger charge is 1.98. The summed E-state index contributed by atoms with van der Waals surface area (Å²) in [5, 5.41) is 8.76. The minimum absolute atomic E-state index is 0.683. The summed E-state index contributed by atoms with van der Waals surface area (Å²) >= 11 is 0. The fraction of sp³-hybridized carbons (Fsp3) is 0.182. The van der Waals surface area contributed by atoms with Crippen molar-refractivity contribution in [2.45, 2.75) is 6.92 Å². The van der Waals surface area contributed by atoms with Crippen LogP contribution < -0.4 is 4.74 Å². The van der Waals surface area contributed by atoms with Crippen molar-refractivity contribution in [2.24, 2.45) is 0 Å². The number of methoxy groups -OCH3 is 1. The monoisotopic (exact) mass is 173 g/mol. The van der Waals surface area contributed by atoms with E-state index in [4.69, 9.17) is 10.00 Å². The summed E-state index contributed by atoms with van der Waals surface area (Å²) in [4.78, 5) is 0. The number of nitrogens with zero attached hydrogens (tertiary/aromatic N) is 1. The number of nitriles is 1. The molecular formula is C11H11NO. The molecule has 0 heterocycles. The Morgan fingerprint density at radius 1 is 1.38 bits per heavy atom. The van der Waals surface area contributed by atoms with Gasteiger partial charge < -0.3 is 4.74 Å². The Morgan fingerprint density at radius 2 is 2.00 bits per heavy atom. The number of hydrogen-bond donors (Lipinski definition) is 0. The summed E-state index contributed by atoms with van der Waals surface area (Å²) in [6.45, 7) is 1.85. The first-order valence-electron chi connectivity index (χ1n) is 4.02. The lowest BCUT2D eigenvalue weighted by Crippen LogP contribution is -1.84. The predicted molar refractivity (Wildman–Crippen MR) is 52.3 cm³/mol. The van der Waals surface area contributed by atoms with E-state index in [-0.39, 0.29) is 0 Å². The fourth-order valence-corrected chi connectivity index (χ4v) is 1.07. The van der Waals surface area contributed by atoms with Crippen LogP contribution in [0.1, 0.15) is 12.5 Å². The molecule has 0 radical (unpaired) electrons. The molecule has 1 rings (SSSR count). The van der Waals surface area contributed by atoms with Gasteiger partial charge >= 0.3 is 0 Å². The molecule has 0 saturated carbocycles. The molecule has 0 fully saturated rings. The van der Waals surface area contributed by atoms with Gasteiger partial charge in [0.15, 0.2) is 0 Å². The molecule has 0 atom stereocenters. The SMILES string of the molecule is C/C=C(\C#N)c1ccc(OC)cc1. The summed E-state index contributed by atoms with van der Waals surface area (Å²) in [7, 11) is 1.62. The van der Waals surface area contributed by atoms with Crippen molar-refractivity contribution in [3.63, 3.8) is 0 Å². The quantitative estimate of drug-likeness (QED) is 0.644. The molecule has 0 aliphatic carbocycles. The maximum atomic E-state index is 8.76. The normalized spacial score (nSPS) is 10.7. The largest absolute Gasteiger partial charge is 0.497 e. The number of allylic oxidation sites excluding steroid dienone is 2. The first kappa shape index (κ1) is 9.34. The van der Waals surface area contributed by atoms with Crippen molar-refractivity contribution in [1.82, 2.24) is 0 Å². The van der Waals surface area contributed by atoms with Crippen molar-refractivity contribution in [3.05, 3.63) is 35.9 Å². The highest BCUT2D eigenvalue weighted by molar-refractivity contribution is 5.76. The van der Waals surface area contributed by atoms with Crippen LogP contribution >= 0.6 is 0 Å². The van der Waals surface area contributed by atoms with Crippen molar-refractivity contribution < 1.29 is 4.74 Å². The van der Waals surface area contributed by atoms with Gasteiger partial charge in [0.05, 0.1) is 18.8 Å². The molecule has 0 unspecified atom stereocenters. The predicted octanol–water partition coefficient (Wildman–Crippen LogP) is 2.62. The van der Waals surface area contributed by atoms with E-state index >= 15 is 0 Å². The Labute approximate surface area is 78.1 Å². The molecule has 1 aromatic rings. The number of hydrogen-bond acceptors (Lipinski definition) is 2. The summed E-state index contributed by atoms with van der Waals surface area (Å²) in [5.74, 6) is 0.803. The van der Waals surface area contributed by atoms with Gasteiger partial charge in [-0.2, -0.15) is 5.26 Å². The van der Waals surface area contributed by atoms with Crippen molar-refractivity contribution >= 4 is 5.57 Å². The standard InChI is InChI=1S/C11H11NO/c1-3-9(8-12)10-4-6-11(13-2)7-5-10/h3-7H,1-2H3/b9-3+. The Kier molecular flexibility index (Phi) is 3.10. The molecule has 2 heteroatoms. The number of ether oxygens (including phenoxy) is 1. The third kappa shape index (κ3) is 2.09. The van der Waals surface area contributed by atoms with Gasteiger partial charge in [-0.3, -0.25) is 0 Å². The maximum Gasteiger partial charge on any atom is 0.118 e. The zero-order valence-corrected chi connectivity index (χ0v) is 7.74. The van der Waals surface area contributed by atoms with Crippen LogP contribution in [0.5, 0.6) is 5.75 Å². The molecular weight excluding hydrogens is 162 g/mol. The Morgan fingerprint density at radius 3 is 2.38 bits per heavy atom. The average Bonchev–Trinajstić information content (AvgIpc) is 2.21. The van der Waals surface area contributed by atoms with Crippen LogP contribution in [0.2, 0.25) is 0 Å². The first-order valence-corrected chi connectivity index (χ1v) is 4.02. The molecule has 0 aromatic heterocycles. The van der Waals surface area contributed by atoms with E-state index in [0.29, 0.717) is 5.57 Å². The summed E-state index contributed by atoms with van der Waals surface area (Å²) in [6.07, 6.45) is 1.79. The molecule has 0 spiro atoms. The molecule has 13 heavy (non-hydrogen) atoms. The van der Waals surface area contributed by atoms with Gasteiger partial charge in [0.2, 0.25) is 0 Å². The van der Waals surface area contributed by atoms with Crippen molar-refractivity contribution in [1.29, 1.82) is 5.26 Å². The van der Waals surface area contributed by atoms with Crippen LogP contribution in [0.15, 0.2) is 30.3 Å². The fourth-order valence-electron chi connectivity index (χ4n) is 1.07. The van der Waals surface area contributed by atoms with Gasteiger partial charge in [-0.15, -0.1) is 0 Å². The summed E-state index contributed by atoms with van der Waals surface area (Å²) in [6, 6.07) is 9.56. The highest BCUT2D eigenvalue weighted by atomic mass is 16.5. The maximum absolute atomic E-state index is 8.76. The van der Waals surface area contributed by atoms with Gasteiger partial charge in [0, 0.05) is 0 Å². The van der Waals surface area contributed by atoms with E-state index in [0.717, 1.165) is 11.3 Å². The minimum atomic E-state index is 0.683. The lowest BCUT2D eigenvalue weighted by Gasteiger charge is -2.00. The Balaban J connectivity index is 3.00. The van der Waals surface area contributed by atoms with Crippen LogP contribution in [-0.2, 0) is 0 Å². The van der Waals surface area contributed by atoms with Gasteiger partial charge in [-0.1, -0.05) is 6.08 Å². The van der Waals surface area contributed by atoms with Gasteiger partial charge in [-0.25, -0.2) is 0 Å². The summed E-state index contributed by atoms with van der Waals surface area (Å²) < 4.78 is 5.01. The van der Waals surface area contributed by atoms with Crippen LogP contribution in [0.25, 0.3) is 5.57 Å². The second kappa shape index (κ2) is 4.32. The Hall–Kier alpha value is -1.75. The minimum Gasteiger partial charge on any atom is -0.497 e. The molecule has 0 N–H and O–H groups in total. The highest BCUT2D eigenvalue weighted by Crippen LogP contribution is 2.17. The second-order valence-electron chi connectivity index (χ2n) is 2.54. The second-order valence-corrected chi connectivity index (χ2v) is 2.54. The topological polar surface area (TPSA) is 33.0 Å². The van der Waals surface area contributed by atoms with Crippen LogP contribution in [0, 0.1) is 11.3 Å². The third-order valence-corrected chi connectivity index (χ3v) is 1.81. The van der Waals surface area contributed by atoms with E-state index in [9.17, 15) is 0 Å². The Bertz CT molecular complexity index is 343. The zero-order chi connectivity index (χ0) is 9.68. The van der Waals surface area contributed by atoms with E-state index in [1.165, 1.54) is 0 Å². The van der Waals surface area contributed by atoms with Gasteiger partial charge in [0.1, 0.15) is 5.75 Å². The molecule has 66 valence electrons. The van der Waals surface area contributed by atoms with E-state index < -0.39 is 0 Å². The van der Waals surface area contributed by atoms with Crippen molar-refractivity contribution in [2.75, 3.05) is 7.11 Å². The zero-order valence-electron chi connectivity index (χ0n) is 7.74. The molecule has 0 aliphatic heterocycles. The first-order chi connectivity index (χ1) is 6.31. The molecule has 0 bridgehead atoms. The lowest BCUT2D eigenvalue weighted by atomic mass is 10.1. The van der Waals surface area contributed by atoms with E-state index in [1.807, 2.05) is 31.2 Å². The third-order valence-electron chi connectivity index (χ3n) is 1.81. The van der Waals surface area contributed by atoms with Crippen LogP contribution in [0.3, 0.4) is 0 Å². The van der Waals surface area contributed by atoms with E-state index in [1.54, 1.807) is 13.2 Å². The molecule has 2 nitrogen and oxygen atoms in total. The lowest BCUT2D eigenvalue weighted by molar-refractivity contribution is 0.415. The summed E-state index contributed by atoms with van der Waals surface area (Å²) in [5.41, 5.74) is 1.61. The van der Waals surface area contributed by atoms with E-state index in [2.05, 4.69) is 6.07 Å². The average molecular weight is 173 g/mol. The van der Waals surface area contributed by atoms with Crippen LogP contribution in [0.4, 0.5) is 0 Å². The van der Waals surface area contributed by atoms with Crippen molar-refractivity contribution in [3.8, 4) is 11.8 Å². The molecule has 1 aromatic carbocycles. The van der Waals surface area contributed by atoms with Gasteiger partial charge in [-0.05, 0) is 36.8 Å². The smallest absolute Gasteiger partial charge is 0.118 e. The van der Waals surface area contributed by atoms with Crippen LogP contribution in [-0.4, -0.2) is 7.11 Å². The molecule has 0 saturated heterocycles. The number of rotatable bonds is 2. The molecule has 0 aliphatic rings. The van der Waals surface area contributed by atoms with Gasteiger partial charge in [0.25, 0.3) is 0 Å². The number of benzene rings is 1. The molecule has 0 amide bonds.